The first-order valence-corrected chi connectivity index (χ1v) is 11.2. The van der Waals surface area contributed by atoms with Crippen LogP contribution in [0.1, 0.15) is 64.6 Å². The second kappa shape index (κ2) is 9.39. The standard InChI is InChI=1S/C26H29N3O3/c1-4-32-26(31)23-16-24(20-10-9-17(2)18(3)15-20)29(28-23)22-13-11-19(12-14-22)25(30)27-21-7-5-6-8-21/h9-16,21H,4-8H2,1-3H3,(H,27,30). The minimum Gasteiger partial charge on any atom is -0.461 e. The number of aryl methyl sites for hydroxylation is 2. The number of carbonyl (C=O) groups excluding carboxylic acids is 2. The minimum atomic E-state index is -0.455. The number of hydrogen-bond acceptors (Lipinski definition) is 4. The van der Waals surface area contributed by atoms with E-state index in [0.29, 0.717) is 5.56 Å². The molecule has 6 nitrogen and oxygen atoms in total. The zero-order valence-electron chi connectivity index (χ0n) is 18.9. The molecule has 1 N–H and O–H groups in total. The van der Waals surface area contributed by atoms with Crippen molar-refractivity contribution in [3.8, 4) is 16.9 Å². The highest BCUT2D eigenvalue weighted by molar-refractivity contribution is 5.94. The van der Waals surface area contributed by atoms with E-state index in [4.69, 9.17) is 4.74 Å². The van der Waals surface area contributed by atoms with Gasteiger partial charge in [-0.05, 0) is 81.1 Å². The zero-order chi connectivity index (χ0) is 22.7. The summed E-state index contributed by atoms with van der Waals surface area (Å²) in [6, 6.07) is 15.5. The van der Waals surface area contributed by atoms with E-state index in [1.54, 1.807) is 29.8 Å². The average molecular weight is 432 g/mol. The number of amides is 1. The summed E-state index contributed by atoms with van der Waals surface area (Å²) in [5.41, 5.74) is 5.74. The molecule has 0 unspecified atom stereocenters. The Morgan fingerprint density at radius 3 is 2.41 bits per heavy atom. The summed E-state index contributed by atoms with van der Waals surface area (Å²) in [5.74, 6) is -0.505. The van der Waals surface area contributed by atoms with Crippen LogP contribution < -0.4 is 5.32 Å². The number of aromatic nitrogens is 2. The third kappa shape index (κ3) is 4.59. The van der Waals surface area contributed by atoms with Gasteiger partial charge in [0.2, 0.25) is 0 Å². The number of carbonyl (C=O) groups is 2. The van der Waals surface area contributed by atoms with Crippen molar-refractivity contribution in [3.05, 3.63) is 70.9 Å². The Morgan fingerprint density at radius 2 is 1.75 bits per heavy atom. The number of nitrogens with zero attached hydrogens (tertiary/aromatic N) is 2. The van der Waals surface area contributed by atoms with E-state index in [-0.39, 0.29) is 24.2 Å². The molecule has 0 aliphatic heterocycles. The van der Waals surface area contributed by atoms with Crippen molar-refractivity contribution in [2.45, 2.75) is 52.5 Å². The third-order valence-corrected chi connectivity index (χ3v) is 6.06. The summed E-state index contributed by atoms with van der Waals surface area (Å²) in [5, 5.41) is 7.64. The number of hydrogen-bond donors (Lipinski definition) is 1. The Morgan fingerprint density at radius 1 is 1.03 bits per heavy atom. The molecule has 166 valence electrons. The molecular weight excluding hydrogens is 402 g/mol. The van der Waals surface area contributed by atoms with Crippen LogP contribution in [0.15, 0.2) is 48.5 Å². The third-order valence-electron chi connectivity index (χ3n) is 6.06. The molecule has 0 saturated heterocycles. The highest BCUT2D eigenvalue weighted by atomic mass is 16.5. The van der Waals surface area contributed by atoms with E-state index in [1.807, 2.05) is 18.2 Å². The van der Waals surface area contributed by atoms with Crippen LogP contribution in [0.25, 0.3) is 16.9 Å². The van der Waals surface area contributed by atoms with Crippen LogP contribution in [0.4, 0.5) is 0 Å². The molecule has 1 saturated carbocycles. The first-order valence-electron chi connectivity index (χ1n) is 11.2. The van der Waals surface area contributed by atoms with Crippen LogP contribution in [0.3, 0.4) is 0 Å². The van der Waals surface area contributed by atoms with Crippen molar-refractivity contribution in [1.82, 2.24) is 15.1 Å². The van der Waals surface area contributed by atoms with Gasteiger partial charge in [-0.25, -0.2) is 9.48 Å². The smallest absolute Gasteiger partial charge is 0.358 e. The van der Waals surface area contributed by atoms with E-state index >= 15 is 0 Å². The van der Waals surface area contributed by atoms with E-state index in [0.717, 1.165) is 35.3 Å². The van der Waals surface area contributed by atoms with Gasteiger partial charge in [0.1, 0.15) is 0 Å². The number of rotatable bonds is 6. The Hall–Kier alpha value is -3.41. The highest BCUT2D eigenvalue weighted by Crippen LogP contribution is 2.27. The average Bonchev–Trinajstić information content (AvgIpc) is 3.46. The predicted octanol–water partition coefficient (Wildman–Crippen LogP) is 5.01. The maximum absolute atomic E-state index is 12.6. The van der Waals surface area contributed by atoms with Gasteiger partial charge in [-0.3, -0.25) is 4.79 Å². The van der Waals surface area contributed by atoms with Crippen molar-refractivity contribution in [3.63, 3.8) is 0 Å². The van der Waals surface area contributed by atoms with E-state index in [2.05, 4.69) is 36.4 Å². The summed E-state index contributed by atoms with van der Waals surface area (Å²) in [6.07, 6.45) is 4.45. The fraction of sp³-hybridized carbons (Fsp3) is 0.346. The summed E-state index contributed by atoms with van der Waals surface area (Å²) >= 11 is 0. The van der Waals surface area contributed by atoms with Crippen LogP contribution in [0.5, 0.6) is 0 Å². The van der Waals surface area contributed by atoms with Crippen LogP contribution in [0.2, 0.25) is 0 Å². The largest absolute Gasteiger partial charge is 0.461 e. The van der Waals surface area contributed by atoms with Gasteiger partial charge >= 0.3 is 5.97 Å². The summed E-state index contributed by atoms with van der Waals surface area (Å²) in [6.45, 7) is 6.18. The SMILES string of the molecule is CCOC(=O)c1cc(-c2ccc(C)c(C)c2)n(-c2ccc(C(=O)NC3CCCC3)cc2)n1. The lowest BCUT2D eigenvalue weighted by Crippen LogP contribution is -2.32. The number of benzene rings is 2. The number of ether oxygens (including phenoxy) is 1. The van der Waals surface area contributed by atoms with Gasteiger partial charge in [-0.2, -0.15) is 5.10 Å². The normalized spacial score (nSPS) is 13.8. The van der Waals surface area contributed by atoms with Crippen molar-refractivity contribution in [2.75, 3.05) is 6.61 Å². The molecule has 1 heterocycles. The molecule has 4 rings (SSSR count). The molecule has 3 aromatic rings. The lowest BCUT2D eigenvalue weighted by molar-refractivity contribution is 0.0518. The second-order valence-electron chi connectivity index (χ2n) is 8.35. The molecule has 0 bridgehead atoms. The lowest BCUT2D eigenvalue weighted by Gasteiger charge is -2.13. The zero-order valence-corrected chi connectivity index (χ0v) is 18.9. The topological polar surface area (TPSA) is 73.2 Å². The van der Waals surface area contributed by atoms with Crippen molar-refractivity contribution in [2.24, 2.45) is 0 Å². The molecule has 1 aromatic heterocycles. The van der Waals surface area contributed by atoms with Crippen molar-refractivity contribution < 1.29 is 14.3 Å². The van der Waals surface area contributed by atoms with Gasteiger partial charge < -0.3 is 10.1 Å². The Kier molecular flexibility index (Phi) is 6.40. The molecule has 1 fully saturated rings. The summed E-state index contributed by atoms with van der Waals surface area (Å²) < 4.78 is 6.89. The summed E-state index contributed by atoms with van der Waals surface area (Å²) in [7, 11) is 0. The van der Waals surface area contributed by atoms with Crippen LogP contribution in [-0.2, 0) is 4.74 Å². The van der Waals surface area contributed by atoms with Gasteiger partial charge in [0.15, 0.2) is 5.69 Å². The Bertz CT molecular complexity index is 1130. The molecule has 6 heteroatoms. The highest BCUT2D eigenvalue weighted by Gasteiger charge is 2.20. The molecule has 0 radical (unpaired) electrons. The van der Waals surface area contributed by atoms with Gasteiger partial charge in [0, 0.05) is 17.2 Å². The fourth-order valence-electron chi connectivity index (χ4n) is 4.08. The Labute approximate surface area is 188 Å². The van der Waals surface area contributed by atoms with Crippen LogP contribution in [0, 0.1) is 13.8 Å². The van der Waals surface area contributed by atoms with E-state index < -0.39 is 5.97 Å². The summed E-state index contributed by atoms with van der Waals surface area (Å²) in [4.78, 5) is 24.9. The minimum absolute atomic E-state index is 0.0505. The molecule has 1 aliphatic carbocycles. The monoisotopic (exact) mass is 431 g/mol. The maximum Gasteiger partial charge on any atom is 0.358 e. The Balaban J connectivity index is 1.67. The van der Waals surface area contributed by atoms with Gasteiger partial charge in [0.05, 0.1) is 18.0 Å². The second-order valence-corrected chi connectivity index (χ2v) is 8.35. The molecular formula is C26H29N3O3. The fourth-order valence-corrected chi connectivity index (χ4v) is 4.08. The van der Waals surface area contributed by atoms with Crippen molar-refractivity contribution in [1.29, 1.82) is 0 Å². The van der Waals surface area contributed by atoms with Gasteiger partial charge in [0.25, 0.3) is 5.91 Å². The van der Waals surface area contributed by atoms with Crippen molar-refractivity contribution >= 4 is 11.9 Å². The molecule has 32 heavy (non-hydrogen) atoms. The van der Waals surface area contributed by atoms with E-state index in [9.17, 15) is 9.59 Å². The maximum atomic E-state index is 12.6. The van der Waals surface area contributed by atoms with Gasteiger partial charge in [-0.15, -0.1) is 0 Å². The predicted molar refractivity (Wildman–Crippen MR) is 124 cm³/mol. The number of esters is 1. The molecule has 1 aliphatic rings. The van der Waals surface area contributed by atoms with E-state index in [1.165, 1.54) is 18.4 Å². The molecule has 0 atom stereocenters. The van der Waals surface area contributed by atoms with Crippen LogP contribution in [-0.4, -0.2) is 34.3 Å². The molecule has 2 aromatic carbocycles. The first-order chi connectivity index (χ1) is 15.5. The molecule has 0 spiro atoms. The lowest BCUT2D eigenvalue weighted by atomic mass is 10.0. The molecule has 1 amide bonds. The quantitative estimate of drug-likeness (QED) is 0.557. The van der Waals surface area contributed by atoms with Gasteiger partial charge in [-0.1, -0.05) is 25.0 Å². The van der Waals surface area contributed by atoms with Crippen LogP contribution >= 0.6 is 0 Å². The number of nitrogens with one attached hydrogen (secondary N) is 1. The first kappa shape index (κ1) is 21.8.